The normalized spacial score (nSPS) is 16.1. The summed E-state index contributed by atoms with van der Waals surface area (Å²) >= 11 is 1.98. The molecule has 0 unspecified atom stereocenters. The van der Waals surface area contributed by atoms with Crippen LogP contribution >= 0.6 is 11.8 Å². The van der Waals surface area contributed by atoms with E-state index in [0.29, 0.717) is 6.42 Å². The van der Waals surface area contributed by atoms with Gasteiger partial charge < -0.3 is 5.32 Å². The standard InChI is InChI=1S/C17H25NOS/c1-13-10-14(2)12-15(11-13)18-17(19)8-9-20-16-6-4-3-5-7-16/h10-12,16H,3-9H2,1-2H3,(H,18,19). The summed E-state index contributed by atoms with van der Waals surface area (Å²) in [5.41, 5.74) is 3.31. The first-order valence-corrected chi connectivity index (χ1v) is 8.68. The van der Waals surface area contributed by atoms with E-state index in [1.165, 1.54) is 43.2 Å². The summed E-state index contributed by atoms with van der Waals surface area (Å²) < 4.78 is 0. The lowest BCUT2D eigenvalue weighted by atomic mass is 10.0. The molecular weight excluding hydrogens is 266 g/mol. The predicted octanol–water partition coefficient (Wildman–Crippen LogP) is 4.70. The van der Waals surface area contributed by atoms with Crippen molar-refractivity contribution in [2.45, 2.75) is 57.6 Å². The van der Waals surface area contributed by atoms with Crippen molar-refractivity contribution in [1.82, 2.24) is 0 Å². The van der Waals surface area contributed by atoms with Gasteiger partial charge in [-0.1, -0.05) is 25.3 Å². The summed E-state index contributed by atoms with van der Waals surface area (Å²) in [6, 6.07) is 6.17. The molecule has 2 nitrogen and oxygen atoms in total. The molecule has 0 aliphatic heterocycles. The number of thioether (sulfide) groups is 1. The van der Waals surface area contributed by atoms with Gasteiger partial charge in [-0.15, -0.1) is 0 Å². The van der Waals surface area contributed by atoms with Crippen LogP contribution in [0.25, 0.3) is 0 Å². The Morgan fingerprint density at radius 2 is 1.80 bits per heavy atom. The number of anilines is 1. The van der Waals surface area contributed by atoms with Gasteiger partial charge in [-0.05, 0) is 49.9 Å². The van der Waals surface area contributed by atoms with Gasteiger partial charge >= 0.3 is 0 Å². The van der Waals surface area contributed by atoms with E-state index in [4.69, 9.17) is 0 Å². The number of hydrogen-bond acceptors (Lipinski definition) is 2. The van der Waals surface area contributed by atoms with Crippen LogP contribution < -0.4 is 5.32 Å². The molecular formula is C17H25NOS. The molecule has 2 rings (SSSR count). The molecule has 0 bridgehead atoms. The summed E-state index contributed by atoms with van der Waals surface area (Å²) in [6.07, 6.45) is 7.42. The lowest BCUT2D eigenvalue weighted by Gasteiger charge is -2.20. The molecule has 0 heterocycles. The summed E-state index contributed by atoms with van der Waals surface area (Å²) in [5.74, 6) is 1.08. The van der Waals surface area contributed by atoms with Crippen molar-refractivity contribution in [3.05, 3.63) is 29.3 Å². The Kier molecular flexibility index (Phi) is 5.96. The molecule has 20 heavy (non-hydrogen) atoms. The largest absolute Gasteiger partial charge is 0.326 e. The van der Waals surface area contributed by atoms with Crippen LogP contribution in [0.1, 0.15) is 49.7 Å². The van der Waals surface area contributed by atoms with E-state index >= 15 is 0 Å². The van der Waals surface area contributed by atoms with Gasteiger partial charge in [-0.25, -0.2) is 0 Å². The van der Waals surface area contributed by atoms with Crippen molar-refractivity contribution in [2.75, 3.05) is 11.1 Å². The predicted molar refractivity (Wildman–Crippen MR) is 88.5 cm³/mol. The van der Waals surface area contributed by atoms with Crippen molar-refractivity contribution in [3.8, 4) is 0 Å². The highest BCUT2D eigenvalue weighted by Crippen LogP contribution is 2.28. The molecule has 0 radical (unpaired) electrons. The molecule has 1 aliphatic rings. The number of nitrogens with one attached hydrogen (secondary N) is 1. The molecule has 1 aliphatic carbocycles. The SMILES string of the molecule is Cc1cc(C)cc(NC(=O)CCSC2CCCCC2)c1. The maximum atomic E-state index is 12.0. The zero-order valence-electron chi connectivity index (χ0n) is 12.6. The van der Waals surface area contributed by atoms with Gasteiger partial charge in [-0.3, -0.25) is 4.79 Å². The van der Waals surface area contributed by atoms with Gasteiger partial charge in [0.1, 0.15) is 0 Å². The third-order valence-electron chi connectivity index (χ3n) is 3.74. The highest BCUT2D eigenvalue weighted by molar-refractivity contribution is 7.99. The maximum Gasteiger partial charge on any atom is 0.225 e. The molecule has 3 heteroatoms. The monoisotopic (exact) mass is 291 g/mol. The first-order chi connectivity index (χ1) is 9.63. The zero-order valence-corrected chi connectivity index (χ0v) is 13.4. The third-order valence-corrected chi connectivity index (χ3v) is 5.12. The second kappa shape index (κ2) is 7.72. The van der Waals surface area contributed by atoms with Crippen LogP contribution in [0, 0.1) is 13.8 Å². The Morgan fingerprint density at radius 3 is 2.45 bits per heavy atom. The average molecular weight is 291 g/mol. The Bertz CT molecular complexity index is 432. The molecule has 0 aromatic heterocycles. The summed E-state index contributed by atoms with van der Waals surface area (Å²) in [6.45, 7) is 4.11. The fourth-order valence-corrected chi connectivity index (χ4v) is 4.12. The first-order valence-electron chi connectivity index (χ1n) is 7.63. The van der Waals surface area contributed by atoms with Crippen molar-refractivity contribution < 1.29 is 4.79 Å². The van der Waals surface area contributed by atoms with E-state index < -0.39 is 0 Å². The molecule has 1 saturated carbocycles. The van der Waals surface area contributed by atoms with E-state index in [-0.39, 0.29) is 5.91 Å². The molecule has 1 N–H and O–H groups in total. The first kappa shape index (κ1) is 15.4. The topological polar surface area (TPSA) is 29.1 Å². The number of carbonyl (C=O) groups excluding carboxylic acids is 1. The average Bonchev–Trinajstić information content (AvgIpc) is 2.38. The highest BCUT2D eigenvalue weighted by atomic mass is 32.2. The van der Waals surface area contributed by atoms with Crippen LogP contribution in [0.15, 0.2) is 18.2 Å². The number of hydrogen-bond donors (Lipinski definition) is 1. The molecule has 110 valence electrons. The highest BCUT2D eigenvalue weighted by Gasteiger charge is 2.14. The van der Waals surface area contributed by atoms with Gasteiger partial charge in [0.2, 0.25) is 5.91 Å². The molecule has 0 saturated heterocycles. The Labute approximate surface area is 126 Å². The van der Waals surface area contributed by atoms with Gasteiger partial charge in [0, 0.05) is 23.1 Å². The summed E-state index contributed by atoms with van der Waals surface area (Å²) in [4.78, 5) is 12.0. The zero-order chi connectivity index (χ0) is 14.4. The van der Waals surface area contributed by atoms with Crippen LogP contribution in [0.5, 0.6) is 0 Å². The van der Waals surface area contributed by atoms with Crippen LogP contribution in [-0.4, -0.2) is 16.9 Å². The fourth-order valence-electron chi connectivity index (χ4n) is 2.82. The van der Waals surface area contributed by atoms with E-state index in [9.17, 15) is 4.79 Å². The van der Waals surface area contributed by atoms with Crippen molar-refractivity contribution >= 4 is 23.4 Å². The number of amides is 1. The minimum atomic E-state index is 0.137. The molecule has 1 aromatic rings. The van der Waals surface area contributed by atoms with Crippen LogP contribution in [0.4, 0.5) is 5.69 Å². The van der Waals surface area contributed by atoms with Gasteiger partial charge in [0.25, 0.3) is 0 Å². The molecule has 1 amide bonds. The summed E-state index contributed by atoms with van der Waals surface area (Å²) in [5, 5.41) is 3.80. The van der Waals surface area contributed by atoms with Crippen molar-refractivity contribution in [2.24, 2.45) is 0 Å². The number of aryl methyl sites for hydroxylation is 2. The smallest absolute Gasteiger partial charge is 0.225 e. The molecule has 0 atom stereocenters. The lowest BCUT2D eigenvalue weighted by Crippen LogP contribution is -2.14. The molecule has 1 fully saturated rings. The fraction of sp³-hybridized carbons (Fsp3) is 0.588. The Morgan fingerprint density at radius 1 is 1.15 bits per heavy atom. The number of carbonyl (C=O) groups is 1. The minimum Gasteiger partial charge on any atom is -0.326 e. The van der Waals surface area contributed by atoms with Crippen LogP contribution in [0.3, 0.4) is 0 Å². The van der Waals surface area contributed by atoms with Crippen LogP contribution in [-0.2, 0) is 4.79 Å². The Hall–Kier alpha value is -0.960. The summed E-state index contributed by atoms with van der Waals surface area (Å²) in [7, 11) is 0. The minimum absolute atomic E-state index is 0.137. The van der Waals surface area contributed by atoms with E-state index in [2.05, 4.69) is 25.2 Å². The van der Waals surface area contributed by atoms with Crippen molar-refractivity contribution in [3.63, 3.8) is 0 Å². The number of benzene rings is 1. The van der Waals surface area contributed by atoms with Crippen LogP contribution in [0.2, 0.25) is 0 Å². The molecule has 1 aromatic carbocycles. The third kappa shape index (κ3) is 5.20. The lowest BCUT2D eigenvalue weighted by molar-refractivity contribution is -0.115. The van der Waals surface area contributed by atoms with Crippen molar-refractivity contribution in [1.29, 1.82) is 0 Å². The van der Waals surface area contributed by atoms with Gasteiger partial charge in [-0.2, -0.15) is 11.8 Å². The second-order valence-corrected chi connectivity index (χ2v) is 7.21. The van der Waals surface area contributed by atoms with E-state index in [1.54, 1.807) is 0 Å². The van der Waals surface area contributed by atoms with Gasteiger partial charge in [0.15, 0.2) is 0 Å². The quantitative estimate of drug-likeness (QED) is 0.852. The maximum absolute atomic E-state index is 12.0. The van der Waals surface area contributed by atoms with Gasteiger partial charge in [0.05, 0.1) is 0 Å². The van der Waals surface area contributed by atoms with E-state index in [0.717, 1.165) is 16.7 Å². The van der Waals surface area contributed by atoms with E-state index in [1.807, 2.05) is 23.9 Å². The Balaban J connectivity index is 1.72. The second-order valence-electron chi connectivity index (χ2n) is 5.81. The molecule has 0 spiro atoms. The number of rotatable bonds is 5.